The fourth-order valence-corrected chi connectivity index (χ4v) is 4.51. The number of hydrogen-bond acceptors (Lipinski definition) is 6. The highest BCUT2D eigenvalue weighted by Crippen LogP contribution is 2.24. The summed E-state index contributed by atoms with van der Waals surface area (Å²) in [4.78, 5) is 17.5. The van der Waals surface area contributed by atoms with Gasteiger partial charge in [-0.2, -0.15) is 5.26 Å². The number of thioether (sulfide) groups is 1. The van der Waals surface area contributed by atoms with Gasteiger partial charge in [0.2, 0.25) is 0 Å². The predicted octanol–water partition coefficient (Wildman–Crippen LogP) is 3.03. The molecule has 1 aliphatic heterocycles. The molecule has 0 radical (unpaired) electrons. The van der Waals surface area contributed by atoms with Crippen molar-refractivity contribution in [3.05, 3.63) is 54.1 Å². The van der Waals surface area contributed by atoms with E-state index in [1.54, 1.807) is 36.4 Å². The number of rotatable bonds is 6. The Bertz CT molecular complexity index is 1060. The molecule has 0 saturated carbocycles. The maximum Gasteiger partial charge on any atom is 0.262 e. The minimum Gasteiger partial charge on any atom is -0.322 e. The minimum atomic E-state index is -3.76. The number of carbonyl (C=O) groups excluding carboxylic acids is 1. The number of sulfonamides is 1. The lowest BCUT2D eigenvalue weighted by molar-refractivity contribution is 0.102. The van der Waals surface area contributed by atoms with Gasteiger partial charge in [0.15, 0.2) is 0 Å². The van der Waals surface area contributed by atoms with E-state index < -0.39 is 10.0 Å². The van der Waals surface area contributed by atoms with Crippen LogP contribution in [0.5, 0.6) is 0 Å². The largest absolute Gasteiger partial charge is 0.322 e. The van der Waals surface area contributed by atoms with Crippen molar-refractivity contribution in [1.82, 2.24) is 4.72 Å². The maximum atomic E-state index is 12.6. The van der Waals surface area contributed by atoms with E-state index in [1.165, 1.54) is 23.9 Å². The van der Waals surface area contributed by atoms with Crippen molar-refractivity contribution in [3.63, 3.8) is 0 Å². The second-order valence-electron chi connectivity index (χ2n) is 5.96. The zero-order valence-corrected chi connectivity index (χ0v) is 16.5. The molecule has 2 N–H and O–H groups in total. The van der Waals surface area contributed by atoms with Gasteiger partial charge in [-0.1, -0.05) is 18.2 Å². The maximum absolute atomic E-state index is 12.6. The van der Waals surface area contributed by atoms with Crippen molar-refractivity contribution in [2.45, 2.75) is 22.6 Å². The molecule has 3 rings (SSSR count). The quantitative estimate of drug-likeness (QED) is 0.706. The van der Waals surface area contributed by atoms with Gasteiger partial charge in [-0.05, 0) is 36.8 Å². The molecule has 1 amide bonds. The Morgan fingerprint density at radius 3 is 2.79 bits per heavy atom. The van der Waals surface area contributed by atoms with Crippen LogP contribution in [0.4, 0.5) is 5.69 Å². The highest BCUT2D eigenvalue weighted by Gasteiger charge is 2.19. The normalized spacial score (nSPS) is 13.5. The van der Waals surface area contributed by atoms with Gasteiger partial charge < -0.3 is 5.32 Å². The Morgan fingerprint density at radius 1 is 1.21 bits per heavy atom. The molecular formula is C19H18N4O3S2. The molecule has 0 aromatic heterocycles. The van der Waals surface area contributed by atoms with Gasteiger partial charge in [0.25, 0.3) is 15.9 Å². The first-order valence-corrected chi connectivity index (χ1v) is 11.0. The van der Waals surface area contributed by atoms with Crippen molar-refractivity contribution >= 4 is 39.2 Å². The molecule has 0 bridgehead atoms. The molecule has 28 heavy (non-hydrogen) atoms. The van der Waals surface area contributed by atoms with Crippen LogP contribution < -0.4 is 10.0 Å². The third-order valence-electron chi connectivity index (χ3n) is 3.95. The van der Waals surface area contributed by atoms with E-state index >= 15 is 0 Å². The Labute approximate surface area is 167 Å². The van der Waals surface area contributed by atoms with E-state index in [2.05, 4.69) is 15.0 Å². The molecule has 0 aliphatic carbocycles. The summed E-state index contributed by atoms with van der Waals surface area (Å²) < 4.78 is 27.6. The van der Waals surface area contributed by atoms with Gasteiger partial charge in [-0.3, -0.25) is 14.5 Å². The molecule has 2 aromatic rings. The summed E-state index contributed by atoms with van der Waals surface area (Å²) >= 11 is 1.27. The number of hydrogen-bond donors (Lipinski definition) is 2. The highest BCUT2D eigenvalue weighted by molar-refractivity contribution is 7.99. The Balaban J connectivity index is 1.78. The lowest BCUT2D eigenvalue weighted by Gasteiger charge is -2.11. The molecule has 1 heterocycles. The topological polar surface area (TPSA) is 111 Å². The van der Waals surface area contributed by atoms with E-state index in [-0.39, 0.29) is 16.6 Å². The van der Waals surface area contributed by atoms with Gasteiger partial charge in [0.1, 0.15) is 5.84 Å². The average molecular weight is 415 g/mol. The molecule has 0 atom stereocenters. The van der Waals surface area contributed by atoms with Gasteiger partial charge in [0.05, 0.1) is 22.3 Å². The van der Waals surface area contributed by atoms with Gasteiger partial charge >= 0.3 is 0 Å². The molecule has 0 saturated heterocycles. The number of amidine groups is 1. The Hall–Kier alpha value is -2.83. The van der Waals surface area contributed by atoms with E-state index in [0.29, 0.717) is 34.9 Å². The summed E-state index contributed by atoms with van der Waals surface area (Å²) in [5, 5.41) is 11.5. The highest BCUT2D eigenvalue weighted by atomic mass is 32.2. The standard InChI is InChI=1S/C19H18N4O3S2/c20-10-12-27-17-8-2-1-7-16(17)19(24)22-14-5-3-6-15(13-14)28(25,26)23-18-9-4-11-21-18/h1-3,5-8,13H,4,9,11-12H2,(H,21,23)(H,22,24). The van der Waals surface area contributed by atoms with Gasteiger partial charge in [0, 0.05) is 23.5 Å². The smallest absolute Gasteiger partial charge is 0.262 e. The summed E-state index contributed by atoms with van der Waals surface area (Å²) in [6.45, 7) is 0.622. The Kier molecular flexibility index (Phi) is 6.34. The molecule has 144 valence electrons. The van der Waals surface area contributed by atoms with Crippen LogP contribution in [-0.2, 0) is 10.0 Å². The van der Waals surface area contributed by atoms with Crippen LogP contribution >= 0.6 is 11.8 Å². The van der Waals surface area contributed by atoms with E-state index in [9.17, 15) is 13.2 Å². The first-order valence-electron chi connectivity index (χ1n) is 8.56. The molecule has 0 fully saturated rings. The van der Waals surface area contributed by atoms with Crippen LogP contribution in [-0.4, -0.2) is 32.5 Å². The number of amides is 1. The SMILES string of the molecule is N#CCSc1ccccc1C(=O)Nc1cccc(S(=O)(=O)NC2=NCCC2)c1. The van der Waals surface area contributed by atoms with Crippen LogP contribution in [0.3, 0.4) is 0 Å². The third kappa shape index (κ3) is 4.91. The number of nitrogens with one attached hydrogen (secondary N) is 2. The van der Waals surface area contributed by atoms with Gasteiger partial charge in [-0.25, -0.2) is 8.42 Å². The van der Waals surface area contributed by atoms with Gasteiger partial charge in [-0.15, -0.1) is 11.8 Å². The summed E-state index contributed by atoms with van der Waals surface area (Å²) in [6.07, 6.45) is 1.43. The minimum absolute atomic E-state index is 0.0482. The van der Waals surface area contributed by atoms with Crippen molar-refractivity contribution in [1.29, 1.82) is 5.26 Å². The molecule has 7 nitrogen and oxygen atoms in total. The lowest BCUT2D eigenvalue weighted by Crippen LogP contribution is -2.29. The zero-order valence-electron chi connectivity index (χ0n) is 14.9. The lowest BCUT2D eigenvalue weighted by atomic mass is 10.2. The summed E-state index contributed by atoms with van der Waals surface area (Å²) in [5.74, 6) is 0.315. The summed E-state index contributed by atoms with van der Waals surface area (Å²) in [5.41, 5.74) is 0.788. The second-order valence-corrected chi connectivity index (χ2v) is 8.66. The van der Waals surface area contributed by atoms with Crippen molar-refractivity contribution in [3.8, 4) is 6.07 Å². The van der Waals surface area contributed by atoms with Crippen molar-refractivity contribution in [2.75, 3.05) is 17.6 Å². The fourth-order valence-electron chi connectivity index (χ4n) is 2.67. The molecule has 0 unspecified atom stereocenters. The van der Waals surface area contributed by atoms with Crippen LogP contribution in [0.15, 0.2) is 63.3 Å². The summed E-state index contributed by atoms with van der Waals surface area (Å²) in [6, 6.07) is 15.0. The second kappa shape index (κ2) is 8.91. The molecule has 0 spiro atoms. The first-order chi connectivity index (χ1) is 13.5. The number of anilines is 1. The van der Waals surface area contributed by atoms with Crippen LogP contribution in [0.1, 0.15) is 23.2 Å². The van der Waals surface area contributed by atoms with Crippen LogP contribution in [0.25, 0.3) is 0 Å². The monoisotopic (exact) mass is 414 g/mol. The summed E-state index contributed by atoms with van der Waals surface area (Å²) in [7, 11) is -3.76. The number of carbonyl (C=O) groups is 1. The molecule has 9 heteroatoms. The number of nitrogens with zero attached hydrogens (tertiary/aromatic N) is 2. The van der Waals surface area contributed by atoms with E-state index in [0.717, 1.165) is 6.42 Å². The van der Waals surface area contributed by atoms with Crippen molar-refractivity contribution in [2.24, 2.45) is 4.99 Å². The number of aliphatic imine (C=N–C) groups is 1. The molecule has 2 aromatic carbocycles. The van der Waals surface area contributed by atoms with E-state index in [4.69, 9.17) is 5.26 Å². The Morgan fingerprint density at radius 2 is 2.04 bits per heavy atom. The fraction of sp³-hybridized carbons (Fsp3) is 0.211. The number of nitriles is 1. The predicted molar refractivity (Wildman–Crippen MR) is 109 cm³/mol. The average Bonchev–Trinajstić information content (AvgIpc) is 3.19. The van der Waals surface area contributed by atoms with E-state index in [1.807, 2.05) is 6.07 Å². The third-order valence-corrected chi connectivity index (χ3v) is 6.27. The van der Waals surface area contributed by atoms with Crippen molar-refractivity contribution < 1.29 is 13.2 Å². The molecular weight excluding hydrogens is 396 g/mol. The molecule has 1 aliphatic rings. The number of benzene rings is 2. The van der Waals surface area contributed by atoms with Crippen LogP contribution in [0.2, 0.25) is 0 Å². The zero-order chi connectivity index (χ0) is 20.0. The van der Waals surface area contributed by atoms with Crippen LogP contribution in [0, 0.1) is 11.3 Å². The first kappa shape index (κ1) is 19.9.